The highest BCUT2D eigenvalue weighted by Crippen LogP contribution is 2.03. The van der Waals surface area contributed by atoms with Crippen molar-refractivity contribution in [3.05, 3.63) is 0 Å². The zero-order valence-corrected chi connectivity index (χ0v) is 7.73. The molecule has 5 heteroatoms. The van der Waals surface area contributed by atoms with E-state index in [1.54, 1.807) is 6.92 Å². The van der Waals surface area contributed by atoms with Gasteiger partial charge in [-0.3, -0.25) is 9.59 Å². The highest BCUT2D eigenvalue weighted by molar-refractivity contribution is 5.84. The van der Waals surface area contributed by atoms with Crippen LogP contribution in [0.25, 0.3) is 0 Å². The molecule has 5 nitrogen and oxygen atoms in total. The number of ketones is 1. The normalized spacial score (nSPS) is 15.0. The number of Topliss-reactive ketones (excluding diaryl/α,β-unsaturated/α-hetero) is 1. The number of hydrogen-bond donors (Lipinski definition) is 1. The van der Waals surface area contributed by atoms with Crippen LogP contribution in [-0.4, -0.2) is 43.3 Å². The van der Waals surface area contributed by atoms with Crippen molar-refractivity contribution in [1.82, 2.24) is 0 Å². The third-order valence-electron chi connectivity index (χ3n) is 1.53. The summed E-state index contributed by atoms with van der Waals surface area (Å²) in [5, 5.41) is 8.54. The van der Waals surface area contributed by atoms with Gasteiger partial charge in [0.15, 0.2) is 12.1 Å². The second kappa shape index (κ2) is 6.71. The van der Waals surface area contributed by atoms with E-state index in [1.807, 2.05) is 0 Å². The molecule has 1 N–H and O–H groups in total. The fourth-order valence-electron chi connectivity index (χ4n) is 0.807. The third-order valence-corrected chi connectivity index (χ3v) is 1.53. The molecule has 0 rings (SSSR count). The quantitative estimate of drug-likeness (QED) is 0.433. The lowest BCUT2D eigenvalue weighted by molar-refractivity contribution is -0.171. The van der Waals surface area contributed by atoms with Gasteiger partial charge in [-0.1, -0.05) is 6.92 Å². The molecule has 0 radical (unpaired) electrons. The number of methoxy groups -OCH3 is 1. The number of aliphatic hydroxyl groups is 1. The Bertz CT molecular complexity index is 168. The molecule has 0 saturated heterocycles. The second-order valence-corrected chi connectivity index (χ2v) is 2.40. The van der Waals surface area contributed by atoms with Gasteiger partial charge in [0.05, 0.1) is 0 Å². The summed E-state index contributed by atoms with van der Waals surface area (Å²) in [7, 11) is 1.30. The van der Waals surface area contributed by atoms with E-state index in [-0.39, 0.29) is 0 Å². The summed E-state index contributed by atoms with van der Waals surface area (Å²) in [6, 6.07) is 0. The van der Waals surface area contributed by atoms with Gasteiger partial charge in [-0.25, -0.2) is 0 Å². The molecule has 0 bridgehead atoms. The van der Waals surface area contributed by atoms with E-state index in [4.69, 9.17) is 9.84 Å². The monoisotopic (exact) mass is 190 g/mol. The van der Waals surface area contributed by atoms with Gasteiger partial charge in [-0.15, -0.1) is 0 Å². The van der Waals surface area contributed by atoms with Crippen molar-refractivity contribution in [3.8, 4) is 0 Å². The Morgan fingerprint density at radius 2 is 2.23 bits per heavy atom. The van der Waals surface area contributed by atoms with E-state index in [0.717, 1.165) is 0 Å². The maximum atomic E-state index is 11.0. The average Bonchev–Trinajstić information content (AvgIpc) is 2.19. The van der Waals surface area contributed by atoms with E-state index in [0.29, 0.717) is 12.7 Å². The van der Waals surface area contributed by atoms with Gasteiger partial charge >= 0.3 is 0 Å². The first-order valence-electron chi connectivity index (χ1n) is 3.96. The van der Waals surface area contributed by atoms with Gasteiger partial charge in [-0.05, 0) is 6.42 Å². The molecule has 1 unspecified atom stereocenters. The minimum absolute atomic E-state index is 0.396. The van der Waals surface area contributed by atoms with Gasteiger partial charge in [-0.2, -0.15) is 0 Å². The topological polar surface area (TPSA) is 72.8 Å². The fourth-order valence-corrected chi connectivity index (χ4v) is 0.807. The molecule has 0 aliphatic rings. The van der Waals surface area contributed by atoms with Crippen LogP contribution in [0.15, 0.2) is 0 Å². The SMILES string of the molecule is CCC(O[C@@H](C=O)OC)C(=O)CO. The minimum atomic E-state index is -1.04. The first-order valence-corrected chi connectivity index (χ1v) is 3.96. The molecule has 0 spiro atoms. The van der Waals surface area contributed by atoms with Crippen LogP contribution in [0.1, 0.15) is 13.3 Å². The summed E-state index contributed by atoms with van der Waals surface area (Å²) in [6.07, 6.45) is -0.971. The van der Waals surface area contributed by atoms with Crippen molar-refractivity contribution in [2.75, 3.05) is 13.7 Å². The predicted octanol–water partition coefficient (Wildman–Crippen LogP) is -0.486. The van der Waals surface area contributed by atoms with Gasteiger partial charge in [0.2, 0.25) is 6.29 Å². The van der Waals surface area contributed by atoms with Crippen LogP contribution in [0.5, 0.6) is 0 Å². The Hall–Kier alpha value is -0.780. The highest BCUT2D eigenvalue weighted by Gasteiger charge is 2.20. The lowest BCUT2D eigenvalue weighted by Gasteiger charge is -2.17. The average molecular weight is 190 g/mol. The predicted molar refractivity (Wildman–Crippen MR) is 44.1 cm³/mol. The molecule has 0 heterocycles. The maximum Gasteiger partial charge on any atom is 0.215 e. The van der Waals surface area contributed by atoms with Crippen molar-refractivity contribution in [1.29, 1.82) is 0 Å². The number of aldehydes is 1. The molecule has 0 saturated carbocycles. The third kappa shape index (κ3) is 4.12. The number of rotatable bonds is 7. The summed E-state index contributed by atoms with van der Waals surface area (Å²) >= 11 is 0. The van der Waals surface area contributed by atoms with Crippen molar-refractivity contribution >= 4 is 12.1 Å². The lowest BCUT2D eigenvalue weighted by atomic mass is 10.2. The first-order chi connectivity index (χ1) is 6.19. The molecule has 0 aliphatic carbocycles. The van der Waals surface area contributed by atoms with Crippen molar-refractivity contribution in [3.63, 3.8) is 0 Å². The summed E-state index contributed by atoms with van der Waals surface area (Å²) in [5.41, 5.74) is 0. The van der Waals surface area contributed by atoms with Gasteiger partial charge in [0, 0.05) is 7.11 Å². The van der Waals surface area contributed by atoms with Gasteiger partial charge < -0.3 is 14.6 Å². The molecule has 0 aromatic rings. The Labute approximate surface area is 76.6 Å². The molecular formula is C8H14O5. The van der Waals surface area contributed by atoms with Crippen molar-refractivity contribution < 1.29 is 24.2 Å². The van der Waals surface area contributed by atoms with E-state index in [2.05, 4.69) is 4.74 Å². The van der Waals surface area contributed by atoms with Crippen molar-refractivity contribution in [2.24, 2.45) is 0 Å². The second-order valence-electron chi connectivity index (χ2n) is 2.40. The van der Waals surface area contributed by atoms with Crippen molar-refractivity contribution in [2.45, 2.75) is 25.7 Å². The van der Waals surface area contributed by atoms with Gasteiger partial charge in [0.1, 0.15) is 12.7 Å². The van der Waals surface area contributed by atoms with Crippen LogP contribution in [0.2, 0.25) is 0 Å². The molecule has 0 aromatic carbocycles. The highest BCUT2D eigenvalue weighted by atomic mass is 16.7. The van der Waals surface area contributed by atoms with Crippen LogP contribution in [0.3, 0.4) is 0 Å². The van der Waals surface area contributed by atoms with Crippen LogP contribution < -0.4 is 0 Å². The van der Waals surface area contributed by atoms with E-state index in [1.165, 1.54) is 7.11 Å². The molecule has 0 fully saturated rings. The maximum absolute atomic E-state index is 11.0. The summed E-state index contributed by atoms with van der Waals surface area (Å²) in [4.78, 5) is 21.2. The number of carbonyl (C=O) groups excluding carboxylic acids is 2. The molecule has 2 atom stereocenters. The van der Waals surface area contributed by atoms with E-state index < -0.39 is 24.8 Å². The molecule has 0 amide bonds. The minimum Gasteiger partial charge on any atom is -0.388 e. The van der Waals surface area contributed by atoms with Gasteiger partial charge in [0.25, 0.3) is 0 Å². The van der Waals surface area contributed by atoms with E-state index in [9.17, 15) is 9.59 Å². The largest absolute Gasteiger partial charge is 0.388 e. The summed E-state index contributed by atoms with van der Waals surface area (Å²) in [6.45, 7) is 1.13. The first kappa shape index (κ1) is 12.2. The number of hydrogen-bond acceptors (Lipinski definition) is 5. The summed E-state index contributed by atoms with van der Waals surface area (Å²) < 4.78 is 9.55. The summed E-state index contributed by atoms with van der Waals surface area (Å²) in [5.74, 6) is -0.452. The fraction of sp³-hybridized carbons (Fsp3) is 0.750. The van der Waals surface area contributed by atoms with Crippen LogP contribution in [0.4, 0.5) is 0 Å². The molecule has 13 heavy (non-hydrogen) atoms. The molecular weight excluding hydrogens is 176 g/mol. The molecule has 0 aliphatic heterocycles. The lowest BCUT2D eigenvalue weighted by Crippen LogP contribution is -2.32. The standard InChI is InChI=1S/C8H14O5/c1-3-7(6(11)4-9)13-8(5-10)12-2/h5,7-9H,3-4H2,1-2H3/t7?,8-/m0/s1. The number of aliphatic hydroxyl groups excluding tert-OH is 1. The molecule has 0 aromatic heterocycles. The van der Waals surface area contributed by atoms with Crippen LogP contribution >= 0.6 is 0 Å². The van der Waals surface area contributed by atoms with Crippen LogP contribution in [0, 0.1) is 0 Å². The number of carbonyl (C=O) groups is 2. The zero-order chi connectivity index (χ0) is 10.3. The Balaban J connectivity index is 4.09. The molecule has 76 valence electrons. The number of ether oxygens (including phenoxy) is 2. The Kier molecular flexibility index (Phi) is 6.30. The smallest absolute Gasteiger partial charge is 0.215 e. The zero-order valence-electron chi connectivity index (χ0n) is 7.73. The van der Waals surface area contributed by atoms with Crippen LogP contribution in [-0.2, 0) is 19.1 Å². The Morgan fingerprint density at radius 1 is 1.62 bits per heavy atom. The Morgan fingerprint density at radius 3 is 2.54 bits per heavy atom. The van der Waals surface area contributed by atoms with E-state index >= 15 is 0 Å².